The lowest BCUT2D eigenvalue weighted by atomic mass is 9.96. The van der Waals surface area contributed by atoms with Crippen LogP contribution in [0, 0.1) is 0 Å². The predicted molar refractivity (Wildman–Crippen MR) is 72.4 cm³/mol. The molecule has 0 bridgehead atoms. The molecular formula is C12H19N5O4. The zero-order chi connectivity index (χ0) is 16.2. The highest BCUT2D eigenvalue weighted by Crippen LogP contribution is 2.17. The molecule has 9 nitrogen and oxygen atoms in total. The van der Waals surface area contributed by atoms with E-state index in [2.05, 4.69) is 20.5 Å². The molecule has 0 aliphatic heterocycles. The number of hydrogen-bond donors (Lipinski definition) is 4. The minimum absolute atomic E-state index is 0.0903. The number of carboxylic acids is 1. The Morgan fingerprint density at radius 2 is 2.00 bits per heavy atom. The Kier molecular flexibility index (Phi) is 5.01. The van der Waals surface area contributed by atoms with Crippen LogP contribution in [0.4, 0.5) is 0 Å². The number of aliphatic carboxylic acids is 1. The largest absolute Gasteiger partial charge is 0.480 e. The number of hydrogen-bond acceptors (Lipinski definition) is 5. The van der Waals surface area contributed by atoms with E-state index in [0.29, 0.717) is 5.82 Å². The highest BCUT2D eigenvalue weighted by atomic mass is 16.4. The normalized spacial score (nSPS) is 12.7. The van der Waals surface area contributed by atoms with Gasteiger partial charge in [0.25, 0.3) is 5.91 Å². The van der Waals surface area contributed by atoms with Crippen molar-refractivity contribution in [2.24, 2.45) is 5.73 Å². The van der Waals surface area contributed by atoms with E-state index in [1.807, 2.05) is 20.8 Å². The second-order valence-electron chi connectivity index (χ2n) is 5.63. The molecule has 0 fully saturated rings. The summed E-state index contributed by atoms with van der Waals surface area (Å²) >= 11 is 0. The van der Waals surface area contributed by atoms with E-state index >= 15 is 0 Å². The zero-order valence-electron chi connectivity index (χ0n) is 12.1. The second kappa shape index (κ2) is 6.33. The number of primary amides is 1. The molecule has 1 aromatic rings. The first kappa shape index (κ1) is 16.6. The fourth-order valence-corrected chi connectivity index (χ4v) is 1.47. The van der Waals surface area contributed by atoms with Gasteiger partial charge in [-0.3, -0.25) is 14.7 Å². The molecule has 0 spiro atoms. The van der Waals surface area contributed by atoms with Gasteiger partial charge in [-0.25, -0.2) is 9.78 Å². The van der Waals surface area contributed by atoms with Crippen LogP contribution in [0.3, 0.4) is 0 Å². The first-order valence-electron chi connectivity index (χ1n) is 6.36. The monoisotopic (exact) mass is 297 g/mol. The molecule has 1 heterocycles. The molecule has 1 rings (SSSR count). The fraction of sp³-hybridized carbons (Fsp3) is 0.583. The Balaban J connectivity index is 2.75. The van der Waals surface area contributed by atoms with Gasteiger partial charge in [0.15, 0.2) is 0 Å². The van der Waals surface area contributed by atoms with E-state index in [-0.39, 0.29) is 24.1 Å². The van der Waals surface area contributed by atoms with Crippen molar-refractivity contribution in [2.75, 3.05) is 0 Å². The van der Waals surface area contributed by atoms with Crippen LogP contribution in [0.15, 0.2) is 0 Å². The van der Waals surface area contributed by atoms with Crippen molar-refractivity contribution in [3.8, 4) is 0 Å². The number of H-pyrrole nitrogens is 1. The molecule has 2 amide bonds. The summed E-state index contributed by atoms with van der Waals surface area (Å²) in [6.45, 7) is 5.67. The van der Waals surface area contributed by atoms with E-state index < -0.39 is 23.8 Å². The topological polar surface area (TPSA) is 151 Å². The summed E-state index contributed by atoms with van der Waals surface area (Å²) in [5.74, 6) is -2.25. The Hall–Kier alpha value is -2.45. The van der Waals surface area contributed by atoms with E-state index in [4.69, 9.17) is 10.8 Å². The maximum atomic E-state index is 11.9. The summed E-state index contributed by atoms with van der Waals surface area (Å²) in [5.41, 5.74) is 4.64. The number of aromatic amines is 1. The van der Waals surface area contributed by atoms with Crippen LogP contribution in [-0.4, -0.2) is 44.1 Å². The van der Waals surface area contributed by atoms with Gasteiger partial charge in [0.1, 0.15) is 11.9 Å². The van der Waals surface area contributed by atoms with Crippen molar-refractivity contribution in [1.29, 1.82) is 0 Å². The number of carbonyl (C=O) groups excluding carboxylic acids is 2. The fourth-order valence-electron chi connectivity index (χ4n) is 1.47. The minimum Gasteiger partial charge on any atom is -0.480 e. The summed E-state index contributed by atoms with van der Waals surface area (Å²) in [4.78, 5) is 37.6. The molecule has 0 saturated carbocycles. The van der Waals surface area contributed by atoms with Crippen LogP contribution >= 0.6 is 0 Å². The van der Waals surface area contributed by atoms with Gasteiger partial charge in [-0.05, 0) is 6.42 Å². The van der Waals surface area contributed by atoms with Gasteiger partial charge in [0, 0.05) is 11.8 Å². The van der Waals surface area contributed by atoms with E-state index in [0.717, 1.165) is 0 Å². The van der Waals surface area contributed by atoms with E-state index in [9.17, 15) is 14.4 Å². The van der Waals surface area contributed by atoms with Crippen molar-refractivity contribution >= 4 is 17.8 Å². The second-order valence-corrected chi connectivity index (χ2v) is 5.63. The van der Waals surface area contributed by atoms with Gasteiger partial charge in [-0.15, -0.1) is 5.10 Å². The minimum atomic E-state index is -1.25. The quantitative estimate of drug-likeness (QED) is 0.558. The molecule has 21 heavy (non-hydrogen) atoms. The standard InChI is InChI=1S/C12H19N5O4/c1-12(2,3)11-15-8(16-17-11)9(19)14-6(10(20)21)4-5-7(13)18/h6H,4-5H2,1-3H3,(H2,13,18)(H,14,19)(H,20,21)(H,15,16,17)/t6-/m1/s1. The van der Waals surface area contributed by atoms with E-state index in [1.54, 1.807) is 0 Å². The smallest absolute Gasteiger partial charge is 0.326 e. The molecule has 9 heteroatoms. The molecule has 5 N–H and O–H groups in total. The lowest BCUT2D eigenvalue weighted by Crippen LogP contribution is -2.41. The molecule has 0 unspecified atom stereocenters. The number of rotatable bonds is 6. The van der Waals surface area contributed by atoms with E-state index in [1.165, 1.54) is 0 Å². The summed E-state index contributed by atoms with van der Waals surface area (Å²) in [6.07, 6.45) is -0.231. The Morgan fingerprint density at radius 3 is 2.43 bits per heavy atom. The lowest BCUT2D eigenvalue weighted by Gasteiger charge is -2.13. The Bertz CT molecular complexity index is 546. The van der Waals surface area contributed by atoms with Crippen molar-refractivity contribution in [3.05, 3.63) is 11.6 Å². The first-order valence-corrected chi connectivity index (χ1v) is 6.36. The number of nitrogens with two attached hydrogens (primary N) is 1. The molecule has 0 radical (unpaired) electrons. The van der Waals surface area contributed by atoms with Gasteiger partial charge < -0.3 is 16.2 Å². The third kappa shape index (κ3) is 4.86. The van der Waals surface area contributed by atoms with Crippen LogP contribution in [0.5, 0.6) is 0 Å². The van der Waals surface area contributed by atoms with Crippen LogP contribution in [0.2, 0.25) is 0 Å². The predicted octanol–water partition coefficient (Wildman–Crippen LogP) is -0.449. The average molecular weight is 297 g/mol. The Labute approximate surface area is 121 Å². The number of carboxylic acid groups (broad SMARTS) is 1. The lowest BCUT2D eigenvalue weighted by molar-refractivity contribution is -0.139. The van der Waals surface area contributed by atoms with Crippen LogP contribution in [-0.2, 0) is 15.0 Å². The molecule has 1 aromatic heterocycles. The SMILES string of the molecule is CC(C)(C)c1nc(C(=O)N[C@H](CCC(N)=O)C(=O)O)n[nH]1. The number of nitrogens with zero attached hydrogens (tertiary/aromatic N) is 2. The van der Waals surface area contributed by atoms with Gasteiger partial charge in [0.05, 0.1) is 0 Å². The van der Waals surface area contributed by atoms with Crippen LogP contribution < -0.4 is 11.1 Å². The number of carbonyl (C=O) groups is 3. The molecule has 0 saturated heterocycles. The summed E-state index contributed by atoms with van der Waals surface area (Å²) in [7, 11) is 0. The first-order chi connectivity index (χ1) is 9.61. The van der Waals surface area contributed by atoms with Crippen molar-refractivity contribution in [2.45, 2.75) is 45.1 Å². The number of amides is 2. The zero-order valence-corrected chi connectivity index (χ0v) is 12.1. The van der Waals surface area contributed by atoms with Crippen LogP contribution in [0.25, 0.3) is 0 Å². The molecule has 116 valence electrons. The Morgan fingerprint density at radius 1 is 1.38 bits per heavy atom. The molecule has 0 aliphatic carbocycles. The highest BCUT2D eigenvalue weighted by molar-refractivity contribution is 5.93. The molecular weight excluding hydrogens is 278 g/mol. The van der Waals surface area contributed by atoms with Gasteiger partial charge in [-0.2, -0.15) is 0 Å². The van der Waals surface area contributed by atoms with Crippen LogP contribution in [0.1, 0.15) is 50.1 Å². The van der Waals surface area contributed by atoms with Gasteiger partial charge >= 0.3 is 5.97 Å². The van der Waals surface area contributed by atoms with Gasteiger partial charge in [0.2, 0.25) is 11.7 Å². The molecule has 0 aliphatic rings. The maximum Gasteiger partial charge on any atom is 0.326 e. The van der Waals surface area contributed by atoms with Gasteiger partial charge in [-0.1, -0.05) is 20.8 Å². The third-order valence-corrected chi connectivity index (χ3v) is 2.68. The maximum absolute atomic E-state index is 11.9. The summed E-state index contributed by atoms with van der Waals surface area (Å²) in [6, 6.07) is -1.22. The van der Waals surface area contributed by atoms with Crippen molar-refractivity contribution in [3.63, 3.8) is 0 Å². The number of aromatic nitrogens is 3. The number of nitrogens with one attached hydrogen (secondary N) is 2. The summed E-state index contributed by atoms with van der Waals surface area (Å²) in [5, 5.41) is 17.7. The average Bonchev–Trinajstić information content (AvgIpc) is 2.82. The summed E-state index contributed by atoms with van der Waals surface area (Å²) < 4.78 is 0. The third-order valence-electron chi connectivity index (χ3n) is 2.68. The molecule has 0 aromatic carbocycles. The van der Waals surface area contributed by atoms with Crippen molar-refractivity contribution in [1.82, 2.24) is 20.5 Å². The van der Waals surface area contributed by atoms with Crippen molar-refractivity contribution < 1.29 is 19.5 Å². The highest BCUT2D eigenvalue weighted by Gasteiger charge is 2.25. The molecule has 1 atom stereocenters.